The topological polar surface area (TPSA) is 78.6 Å². The second-order valence-electron chi connectivity index (χ2n) is 4.89. The van der Waals surface area contributed by atoms with Crippen molar-refractivity contribution in [2.45, 2.75) is 12.5 Å². The maximum atomic E-state index is 11.6. The number of benzene rings is 1. The van der Waals surface area contributed by atoms with E-state index in [0.717, 1.165) is 0 Å². The number of methoxy groups -OCH3 is 2. The average Bonchev–Trinajstić information content (AvgIpc) is 2.77. The predicted octanol–water partition coefficient (Wildman–Crippen LogP) is 1.79. The Balaban J connectivity index is 2.33. The van der Waals surface area contributed by atoms with Crippen molar-refractivity contribution >= 4 is 21.4 Å². The van der Waals surface area contributed by atoms with Crippen LogP contribution in [0.4, 0.5) is 0 Å². The summed E-state index contributed by atoms with van der Waals surface area (Å²) in [6.07, 6.45) is 0.564. The van der Waals surface area contributed by atoms with Crippen LogP contribution in [0.25, 0.3) is 0 Å². The molecule has 0 bridgehead atoms. The third-order valence-corrected chi connectivity index (χ3v) is 5.83. The molecule has 0 aromatic heterocycles. The van der Waals surface area contributed by atoms with E-state index in [4.69, 9.17) is 26.8 Å². The zero-order valence-electron chi connectivity index (χ0n) is 11.4. The Morgan fingerprint density at radius 2 is 2.05 bits per heavy atom. The molecule has 20 heavy (non-hydrogen) atoms. The first-order valence-corrected chi connectivity index (χ1v) is 8.46. The van der Waals surface area contributed by atoms with Crippen LogP contribution in [-0.4, -0.2) is 34.1 Å². The van der Waals surface area contributed by atoms with Crippen LogP contribution >= 0.6 is 11.6 Å². The first kappa shape index (κ1) is 15.4. The summed E-state index contributed by atoms with van der Waals surface area (Å²) in [4.78, 5) is 0. The van der Waals surface area contributed by atoms with Gasteiger partial charge in [0.25, 0.3) is 0 Å². The molecule has 0 amide bonds. The van der Waals surface area contributed by atoms with Crippen LogP contribution in [0.3, 0.4) is 0 Å². The van der Waals surface area contributed by atoms with E-state index < -0.39 is 15.9 Å². The summed E-state index contributed by atoms with van der Waals surface area (Å²) in [7, 11) is 0.0553. The van der Waals surface area contributed by atoms with E-state index in [1.807, 2.05) is 0 Å². The lowest BCUT2D eigenvalue weighted by Crippen LogP contribution is -2.23. The number of rotatable bonds is 4. The Labute approximate surface area is 123 Å². The van der Waals surface area contributed by atoms with Crippen LogP contribution in [-0.2, 0) is 9.84 Å². The molecule has 0 aliphatic carbocycles. The first-order chi connectivity index (χ1) is 9.39. The molecule has 112 valence electrons. The van der Waals surface area contributed by atoms with Gasteiger partial charge < -0.3 is 15.2 Å². The lowest BCUT2D eigenvalue weighted by atomic mass is 9.93. The predicted molar refractivity (Wildman–Crippen MR) is 78.2 cm³/mol. The fourth-order valence-corrected chi connectivity index (χ4v) is 4.74. The molecule has 1 saturated heterocycles. The molecule has 0 spiro atoms. The number of halogens is 1. The van der Waals surface area contributed by atoms with Crippen molar-refractivity contribution in [3.63, 3.8) is 0 Å². The molecule has 1 aliphatic rings. The minimum atomic E-state index is -2.97. The smallest absolute Gasteiger partial charge is 0.179 e. The van der Waals surface area contributed by atoms with Crippen LogP contribution in [0.1, 0.15) is 18.0 Å². The van der Waals surface area contributed by atoms with Gasteiger partial charge in [0.2, 0.25) is 0 Å². The van der Waals surface area contributed by atoms with Crippen LogP contribution in [0.15, 0.2) is 12.1 Å². The molecule has 1 fully saturated rings. The highest BCUT2D eigenvalue weighted by Gasteiger charge is 2.34. The van der Waals surface area contributed by atoms with Crippen molar-refractivity contribution in [2.24, 2.45) is 11.7 Å². The monoisotopic (exact) mass is 319 g/mol. The van der Waals surface area contributed by atoms with Gasteiger partial charge in [0.05, 0.1) is 30.7 Å². The third-order valence-electron chi connectivity index (χ3n) is 3.65. The summed E-state index contributed by atoms with van der Waals surface area (Å²) in [6.45, 7) is 0. The molecule has 0 radical (unpaired) electrons. The highest BCUT2D eigenvalue weighted by Crippen LogP contribution is 2.41. The van der Waals surface area contributed by atoms with Crippen molar-refractivity contribution in [2.75, 3.05) is 25.7 Å². The van der Waals surface area contributed by atoms with E-state index in [-0.39, 0.29) is 17.4 Å². The average molecular weight is 320 g/mol. The number of ether oxygens (including phenoxy) is 2. The van der Waals surface area contributed by atoms with E-state index in [1.54, 1.807) is 12.1 Å². The van der Waals surface area contributed by atoms with Crippen LogP contribution in [0, 0.1) is 5.92 Å². The van der Waals surface area contributed by atoms with Crippen LogP contribution < -0.4 is 15.2 Å². The van der Waals surface area contributed by atoms with E-state index >= 15 is 0 Å². The number of sulfone groups is 1. The summed E-state index contributed by atoms with van der Waals surface area (Å²) < 4.78 is 33.5. The van der Waals surface area contributed by atoms with Crippen LogP contribution in [0.5, 0.6) is 11.5 Å². The maximum absolute atomic E-state index is 11.6. The molecule has 2 atom stereocenters. The summed E-state index contributed by atoms with van der Waals surface area (Å²) >= 11 is 6.30. The molecule has 1 aromatic rings. The second-order valence-corrected chi connectivity index (χ2v) is 7.50. The van der Waals surface area contributed by atoms with Gasteiger partial charge in [-0.2, -0.15) is 0 Å². The zero-order valence-corrected chi connectivity index (χ0v) is 13.0. The van der Waals surface area contributed by atoms with Gasteiger partial charge in [-0.15, -0.1) is 0 Å². The minimum absolute atomic E-state index is 0.110. The minimum Gasteiger partial charge on any atom is -0.493 e. The number of hydrogen-bond donors (Lipinski definition) is 1. The highest BCUT2D eigenvalue weighted by atomic mass is 35.5. The molecule has 1 heterocycles. The Kier molecular flexibility index (Phi) is 4.46. The van der Waals surface area contributed by atoms with E-state index in [9.17, 15) is 8.42 Å². The molecule has 5 nitrogen and oxygen atoms in total. The second kappa shape index (κ2) is 5.79. The highest BCUT2D eigenvalue weighted by molar-refractivity contribution is 7.91. The first-order valence-electron chi connectivity index (χ1n) is 6.26. The quantitative estimate of drug-likeness (QED) is 0.915. The van der Waals surface area contributed by atoms with E-state index in [1.165, 1.54) is 14.2 Å². The molecule has 2 N–H and O–H groups in total. The molecule has 1 aliphatic heterocycles. The molecular weight excluding hydrogens is 302 g/mol. The fourth-order valence-electron chi connectivity index (χ4n) is 2.52. The van der Waals surface area contributed by atoms with Crippen molar-refractivity contribution < 1.29 is 17.9 Å². The molecule has 7 heteroatoms. The van der Waals surface area contributed by atoms with Gasteiger partial charge in [0, 0.05) is 6.04 Å². The van der Waals surface area contributed by atoms with Gasteiger partial charge in [-0.1, -0.05) is 17.7 Å². The van der Waals surface area contributed by atoms with E-state index in [2.05, 4.69) is 0 Å². The lowest BCUT2D eigenvalue weighted by molar-refractivity contribution is 0.353. The largest absolute Gasteiger partial charge is 0.493 e. The molecule has 2 unspecified atom stereocenters. The Hall–Kier alpha value is -0.980. The summed E-state index contributed by atoms with van der Waals surface area (Å²) in [5.41, 5.74) is 6.88. The van der Waals surface area contributed by atoms with Crippen molar-refractivity contribution in [3.05, 3.63) is 22.7 Å². The van der Waals surface area contributed by atoms with Gasteiger partial charge in [0.1, 0.15) is 0 Å². The fraction of sp³-hybridized carbons (Fsp3) is 0.538. The Bertz CT molecular complexity index is 603. The summed E-state index contributed by atoms with van der Waals surface area (Å²) in [5, 5.41) is 0.378. The molecular formula is C13H18ClNO4S. The molecule has 0 saturated carbocycles. The lowest BCUT2D eigenvalue weighted by Gasteiger charge is -2.21. The van der Waals surface area contributed by atoms with Gasteiger partial charge in [0.15, 0.2) is 21.3 Å². The summed E-state index contributed by atoms with van der Waals surface area (Å²) in [6, 6.07) is 3.06. The Morgan fingerprint density at radius 3 is 2.55 bits per heavy atom. The van der Waals surface area contributed by atoms with Gasteiger partial charge >= 0.3 is 0 Å². The van der Waals surface area contributed by atoms with Gasteiger partial charge in [-0.25, -0.2) is 8.42 Å². The SMILES string of the molecule is COc1ccc(C(N)C2CCS(=O)(=O)C2)c(Cl)c1OC. The van der Waals surface area contributed by atoms with Crippen LogP contribution in [0.2, 0.25) is 5.02 Å². The third kappa shape index (κ3) is 2.87. The normalized spacial score (nSPS) is 22.5. The zero-order chi connectivity index (χ0) is 14.9. The number of hydrogen-bond acceptors (Lipinski definition) is 5. The van der Waals surface area contributed by atoms with Crippen molar-refractivity contribution in [3.8, 4) is 11.5 Å². The van der Waals surface area contributed by atoms with Gasteiger partial charge in [-0.05, 0) is 24.0 Å². The molecule has 2 rings (SSSR count). The maximum Gasteiger partial charge on any atom is 0.179 e. The number of nitrogens with two attached hydrogens (primary N) is 1. The van der Waals surface area contributed by atoms with E-state index in [0.29, 0.717) is 28.5 Å². The van der Waals surface area contributed by atoms with Crippen molar-refractivity contribution in [1.82, 2.24) is 0 Å². The molecule has 1 aromatic carbocycles. The van der Waals surface area contributed by atoms with Crippen molar-refractivity contribution in [1.29, 1.82) is 0 Å². The standard InChI is InChI=1S/C13H18ClNO4S/c1-18-10-4-3-9(11(14)13(10)19-2)12(15)8-5-6-20(16,17)7-8/h3-4,8,12H,5-7,15H2,1-2H3. The Morgan fingerprint density at radius 1 is 1.35 bits per heavy atom. The van der Waals surface area contributed by atoms with Gasteiger partial charge in [-0.3, -0.25) is 0 Å². The summed E-state index contributed by atoms with van der Waals surface area (Å²) in [5.74, 6) is 1.13.